The van der Waals surface area contributed by atoms with Gasteiger partial charge in [0.1, 0.15) is 0 Å². The molecule has 4 heteroatoms. The Morgan fingerprint density at radius 2 is 2.24 bits per heavy atom. The Hall–Kier alpha value is -0.220. The van der Waals surface area contributed by atoms with Gasteiger partial charge >= 0.3 is 0 Å². The maximum Gasteiger partial charge on any atom is 0.236 e. The Labute approximate surface area is 109 Å². The molecular formula is C13H26N2OS. The fraction of sp³-hybridized carbons (Fsp3) is 0.923. The molecule has 2 N–H and O–H groups in total. The molecule has 0 aromatic carbocycles. The molecule has 1 fully saturated rings. The van der Waals surface area contributed by atoms with Gasteiger partial charge in [0, 0.05) is 17.8 Å². The summed E-state index contributed by atoms with van der Waals surface area (Å²) < 4.78 is 0. The highest BCUT2D eigenvalue weighted by Crippen LogP contribution is 2.27. The smallest absolute Gasteiger partial charge is 0.236 e. The second-order valence-corrected chi connectivity index (χ2v) is 6.04. The summed E-state index contributed by atoms with van der Waals surface area (Å²) in [6, 6.07) is 0.454. The molecule has 3 nitrogen and oxygen atoms in total. The first-order chi connectivity index (χ1) is 8.17. The summed E-state index contributed by atoms with van der Waals surface area (Å²) in [6.07, 6.45) is 8.21. The van der Waals surface area contributed by atoms with Crippen LogP contribution >= 0.6 is 11.8 Å². The van der Waals surface area contributed by atoms with E-state index in [0.29, 0.717) is 6.04 Å². The molecule has 0 heterocycles. The van der Waals surface area contributed by atoms with Crippen molar-refractivity contribution in [3.63, 3.8) is 0 Å². The van der Waals surface area contributed by atoms with Crippen LogP contribution in [-0.4, -0.2) is 36.0 Å². The zero-order valence-corrected chi connectivity index (χ0v) is 12.1. The van der Waals surface area contributed by atoms with Crippen LogP contribution in [0.25, 0.3) is 0 Å². The molecule has 1 aliphatic carbocycles. The van der Waals surface area contributed by atoms with E-state index in [-0.39, 0.29) is 11.9 Å². The van der Waals surface area contributed by atoms with E-state index in [2.05, 4.69) is 23.8 Å². The zero-order chi connectivity index (χ0) is 12.7. The predicted octanol–water partition coefficient (Wildman–Crippen LogP) is 2.16. The Bertz CT molecular complexity index is 235. The molecule has 0 saturated heterocycles. The molecule has 17 heavy (non-hydrogen) atoms. The molecule has 1 saturated carbocycles. The fourth-order valence-corrected chi connectivity index (χ4v) is 3.17. The molecule has 0 bridgehead atoms. The Morgan fingerprint density at radius 3 is 2.88 bits per heavy atom. The van der Waals surface area contributed by atoms with E-state index in [9.17, 15) is 4.79 Å². The maximum atomic E-state index is 11.7. The number of hydrogen-bond donors (Lipinski definition) is 2. The van der Waals surface area contributed by atoms with E-state index < -0.39 is 0 Å². The molecule has 0 radical (unpaired) electrons. The largest absolute Gasteiger partial charge is 0.355 e. The maximum absolute atomic E-state index is 11.7. The number of nitrogens with one attached hydrogen (secondary N) is 2. The summed E-state index contributed by atoms with van der Waals surface area (Å²) in [5.74, 6) is 0.137. The Balaban J connectivity index is 2.29. The van der Waals surface area contributed by atoms with Gasteiger partial charge in [-0.3, -0.25) is 4.79 Å². The second-order valence-electron chi connectivity index (χ2n) is 4.90. The van der Waals surface area contributed by atoms with Crippen LogP contribution in [-0.2, 0) is 4.79 Å². The topological polar surface area (TPSA) is 41.1 Å². The van der Waals surface area contributed by atoms with Crippen molar-refractivity contribution in [3.8, 4) is 0 Å². The molecule has 1 rings (SSSR count). The third-order valence-corrected chi connectivity index (χ3v) is 4.48. The van der Waals surface area contributed by atoms with Gasteiger partial charge in [0.25, 0.3) is 0 Å². The highest BCUT2D eigenvalue weighted by Gasteiger charge is 2.24. The fourth-order valence-electron chi connectivity index (χ4n) is 2.34. The van der Waals surface area contributed by atoms with E-state index in [1.165, 1.54) is 25.7 Å². The molecule has 100 valence electrons. The molecule has 0 spiro atoms. The van der Waals surface area contributed by atoms with Crippen molar-refractivity contribution in [2.45, 2.75) is 63.3 Å². The van der Waals surface area contributed by atoms with Crippen LogP contribution in [0.5, 0.6) is 0 Å². The third kappa shape index (κ3) is 5.30. The normalized spacial score (nSPS) is 26.5. The molecule has 0 aromatic heterocycles. The number of carbonyl (C=O) groups excluding carboxylic acids is 1. The van der Waals surface area contributed by atoms with Crippen LogP contribution in [0.4, 0.5) is 0 Å². The Morgan fingerprint density at radius 1 is 1.47 bits per heavy atom. The van der Waals surface area contributed by atoms with Gasteiger partial charge in [-0.1, -0.05) is 13.3 Å². The number of hydrogen-bond acceptors (Lipinski definition) is 3. The lowest BCUT2D eigenvalue weighted by atomic mass is 9.94. The van der Waals surface area contributed by atoms with Crippen LogP contribution in [0.3, 0.4) is 0 Å². The summed E-state index contributed by atoms with van der Waals surface area (Å²) in [6.45, 7) is 4.82. The predicted molar refractivity (Wildman–Crippen MR) is 75.5 cm³/mol. The highest BCUT2D eigenvalue weighted by molar-refractivity contribution is 7.99. The highest BCUT2D eigenvalue weighted by atomic mass is 32.2. The van der Waals surface area contributed by atoms with Crippen LogP contribution in [0.1, 0.15) is 46.0 Å². The van der Waals surface area contributed by atoms with Crippen molar-refractivity contribution >= 4 is 17.7 Å². The first kappa shape index (κ1) is 14.8. The zero-order valence-electron chi connectivity index (χ0n) is 11.3. The van der Waals surface area contributed by atoms with Crippen molar-refractivity contribution in [1.29, 1.82) is 0 Å². The quantitative estimate of drug-likeness (QED) is 0.767. The lowest BCUT2D eigenvalue weighted by molar-refractivity contribution is -0.123. The molecule has 3 unspecified atom stereocenters. The number of amides is 1. The number of thioether (sulfide) groups is 1. The van der Waals surface area contributed by atoms with Gasteiger partial charge in [0.2, 0.25) is 5.91 Å². The van der Waals surface area contributed by atoms with Crippen molar-refractivity contribution in [1.82, 2.24) is 10.6 Å². The first-order valence-corrected chi connectivity index (χ1v) is 8.02. The molecule has 1 aliphatic rings. The molecular weight excluding hydrogens is 232 g/mol. The molecule has 3 atom stereocenters. The Kier molecular flexibility index (Phi) is 6.97. The van der Waals surface area contributed by atoms with E-state index in [1.54, 1.807) is 0 Å². The SMILES string of the molecule is CCCNC(=O)C(C)NC1CCCC(SC)C1. The molecule has 0 aliphatic heterocycles. The lowest BCUT2D eigenvalue weighted by Gasteiger charge is -2.30. The minimum atomic E-state index is -0.0628. The van der Waals surface area contributed by atoms with Gasteiger partial charge in [-0.2, -0.15) is 11.8 Å². The van der Waals surface area contributed by atoms with E-state index in [1.807, 2.05) is 18.7 Å². The molecule has 1 amide bonds. The van der Waals surface area contributed by atoms with Gasteiger partial charge in [-0.25, -0.2) is 0 Å². The van der Waals surface area contributed by atoms with Gasteiger partial charge < -0.3 is 10.6 Å². The van der Waals surface area contributed by atoms with Crippen molar-refractivity contribution < 1.29 is 4.79 Å². The third-order valence-electron chi connectivity index (χ3n) is 3.39. The van der Waals surface area contributed by atoms with Crippen LogP contribution in [0, 0.1) is 0 Å². The van der Waals surface area contributed by atoms with Crippen molar-refractivity contribution in [2.75, 3.05) is 12.8 Å². The van der Waals surface area contributed by atoms with Gasteiger partial charge in [-0.15, -0.1) is 0 Å². The van der Waals surface area contributed by atoms with Gasteiger partial charge in [0.15, 0.2) is 0 Å². The van der Waals surface area contributed by atoms with E-state index in [4.69, 9.17) is 0 Å². The summed E-state index contributed by atoms with van der Waals surface area (Å²) in [5.41, 5.74) is 0. The lowest BCUT2D eigenvalue weighted by Crippen LogP contribution is -2.48. The monoisotopic (exact) mass is 258 g/mol. The summed E-state index contributed by atoms with van der Waals surface area (Å²) >= 11 is 1.96. The van der Waals surface area contributed by atoms with Gasteiger partial charge in [-0.05, 0) is 38.9 Å². The minimum Gasteiger partial charge on any atom is -0.355 e. The summed E-state index contributed by atoms with van der Waals surface area (Å²) in [5, 5.41) is 7.18. The molecule has 0 aromatic rings. The van der Waals surface area contributed by atoms with E-state index >= 15 is 0 Å². The minimum absolute atomic E-state index is 0.0628. The summed E-state index contributed by atoms with van der Waals surface area (Å²) in [7, 11) is 0. The van der Waals surface area contributed by atoms with Crippen LogP contribution in [0.15, 0.2) is 0 Å². The number of carbonyl (C=O) groups is 1. The average Bonchev–Trinajstić information content (AvgIpc) is 2.36. The first-order valence-electron chi connectivity index (χ1n) is 6.74. The van der Waals surface area contributed by atoms with E-state index in [0.717, 1.165) is 18.2 Å². The second kappa shape index (κ2) is 7.98. The van der Waals surface area contributed by atoms with Crippen LogP contribution < -0.4 is 10.6 Å². The van der Waals surface area contributed by atoms with Gasteiger partial charge in [0.05, 0.1) is 6.04 Å². The number of rotatable bonds is 6. The average molecular weight is 258 g/mol. The standard InChI is InChI=1S/C13H26N2OS/c1-4-8-14-13(16)10(2)15-11-6-5-7-12(9-11)17-3/h10-12,15H,4-9H2,1-3H3,(H,14,16). The van der Waals surface area contributed by atoms with Crippen molar-refractivity contribution in [2.24, 2.45) is 0 Å². The van der Waals surface area contributed by atoms with Crippen molar-refractivity contribution in [3.05, 3.63) is 0 Å². The summed E-state index contributed by atoms with van der Waals surface area (Å²) in [4.78, 5) is 11.7. The van der Waals surface area contributed by atoms with Crippen LogP contribution in [0.2, 0.25) is 0 Å².